The summed E-state index contributed by atoms with van der Waals surface area (Å²) >= 11 is 0. The number of anilines is 1. The van der Waals surface area contributed by atoms with Crippen LogP contribution in [0.4, 0.5) is 5.69 Å². The second-order valence-corrected chi connectivity index (χ2v) is 4.71. The second-order valence-electron chi connectivity index (χ2n) is 4.71. The van der Waals surface area contributed by atoms with Gasteiger partial charge in [-0.15, -0.1) is 0 Å². The Hall–Kier alpha value is -1.55. The van der Waals surface area contributed by atoms with Crippen molar-refractivity contribution in [3.63, 3.8) is 0 Å². The standard InChI is InChI=1S/C13H19N3O/c1-9-8-10(14)6-7-16(9)12-5-3-2-4-11(12)13(15)17/h2-5,9-10H,6-8,14H2,1H3,(H2,15,17). The quantitative estimate of drug-likeness (QED) is 0.803. The van der Waals surface area contributed by atoms with Crippen LogP contribution in [0, 0.1) is 0 Å². The monoisotopic (exact) mass is 233 g/mol. The highest BCUT2D eigenvalue weighted by atomic mass is 16.1. The topological polar surface area (TPSA) is 72.3 Å². The number of carbonyl (C=O) groups is 1. The Morgan fingerprint density at radius 2 is 2.12 bits per heavy atom. The van der Waals surface area contributed by atoms with E-state index in [1.165, 1.54) is 0 Å². The van der Waals surface area contributed by atoms with Crippen LogP contribution in [0.5, 0.6) is 0 Å². The third-order valence-corrected chi connectivity index (χ3v) is 3.40. The fourth-order valence-corrected chi connectivity index (χ4v) is 2.50. The Morgan fingerprint density at radius 3 is 2.76 bits per heavy atom. The normalized spacial score (nSPS) is 24.7. The van der Waals surface area contributed by atoms with E-state index < -0.39 is 0 Å². The number of para-hydroxylation sites is 1. The van der Waals surface area contributed by atoms with Gasteiger partial charge in [-0.25, -0.2) is 0 Å². The zero-order chi connectivity index (χ0) is 12.4. The number of hydrogen-bond donors (Lipinski definition) is 2. The van der Waals surface area contributed by atoms with Crippen molar-refractivity contribution in [2.45, 2.75) is 31.8 Å². The molecule has 2 atom stereocenters. The molecule has 1 fully saturated rings. The number of benzene rings is 1. The molecule has 0 saturated carbocycles. The van der Waals surface area contributed by atoms with Crippen molar-refractivity contribution in [3.05, 3.63) is 29.8 Å². The Morgan fingerprint density at radius 1 is 1.41 bits per heavy atom. The van der Waals surface area contributed by atoms with Crippen molar-refractivity contribution >= 4 is 11.6 Å². The largest absolute Gasteiger partial charge is 0.368 e. The van der Waals surface area contributed by atoms with E-state index in [1.54, 1.807) is 6.07 Å². The van der Waals surface area contributed by atoms with Crippen LogP contribution >= 0.6 is 0 Å². The fraction of sp³-hybridized carbons (Fsp3) is 0.462. The Labute approximate surface area is 102 Å². The summed E-state index contributed by atoms with van der Waals surface area (Å²) < 4.78 is 0. The summed E-state index contributed by atoms with van der Waals surface area (Å²) in [4.78, 5) is 13.6. The van der Waals surface area contributed by atoms with E-state index in [0.717, 1.165) is 25.1 Å². The maximum Gasteiger partial charge on any atom is 0.250 e. The van der Waals surface area contributed by atoms with Crippen LogP contribution in [-0.4, -0.2) is 24.5 Å². The third-order valence-electron chi connectivity index (χ3n) is 3.40. The second kappa shape index (κ2) is 4.75. The van der Waals surface area contributed by atoms with E-state index in [-0.39, 0.29) is 11.9 Å². The third kappa shape index (κ3) is 2.42. The number of rotatable bonds is 2. The SMILES string of the molecule is CC1CC(N)CCN1c1ccccc1C(N)=O. The van der Waals surface area contributed by atoms with E-state index in [9.17, 15) is 4.79 Å². The predicted molar refractivity (Wildman–Crippen MR) is 69.0 cm³/mol. The highest BCUT2D eigenvalue weighted by Gasteiger charge is 2.25. The molecule has 0 bridgehead atoms. The lowest BCUT2D eigenvalue weighted by Gasteiger charge is -2.38. The average molecular weight is 233 g/mol. The number of piperidine rings is 1. The van der Waals surface area contributed by atoms with Crippen LogP contribution in [0.15, 0.2) is 24.3 Å². The maximum atomic E-state index is 11.4. The summed E-state index contributed by atoms with van der Waals surface area (Å²) in [5.74, 6) is -0.373. The van der Waals surface area contributed by atoms with Gasteiger partial charge in [-0.05, 0) is 31.9 Å². The first kappa shape index (κ1) is 11.9. The van der Waals surface area contributed by atoms with Gasteiger partial charge in [0.15, 0.2) is 0 Å². The van der Waals surface area contributed by atoms with Crippen molar-refractivity contribution in [3.8, 4) is 0 Å². The van der Waals surface area contributed by atoms with Crippen molar-refractivity contribution in [1.82, 2.24) is 0 Å². The van der Waals surface area contributed by atoms with Crippen molar-refractivity contribution in [2.75, 3.05) is 11.4 Å². The van der Waals surface area contributed by atoms with Crippen LogP contribution in [0.2, 0.25) is 0 Å². The molecule has 0 radical (unpaired) electrons. The number of hydrogen-bond acceptors (Lipinski definition) is 3. The molecule has 0 aromatic heterocycles. The van der Waals surface area contributed by atoms with Gasteiger partial charge in [0.2, 0.25) is 0 Å². The first-order valence-corrected chi connectivity index (χ1v) is 6.00. The summed E-state index contributed by atoms with van der Waals surface area (Å²) in [7, 11) is 0. The first-order chi connectivity index (χ1) is 8.09. The summed E-state index contributed by atoms with van der Waals surface area (Å²) in [5.41, 5.74) is 12.9. The average Bonchev–Trinajstić information content (AvgIpc) is 2.29. The predicted octanol–water partition coefficient (Wildman–Crippen LogP) is 1.10. The minimum atomic E-state index is -0.373. The number of carbonyl (C=O) groups excluding carboxylic acids is 1. The van der Waals surface area contributed by atoms with E-state index >= 15 is 0 Å². The van der Waals surface area contributed by atoms with Gasteiger partial charge in [0.25, 0.3) is 5.91 Å². The highest BCUT2D eigenvalue weighted by molar-refractivity contribution is 5.98. The van der Waals surface area contributed by atoms with Crippen LogP contribution in [-0.2, 0) is 0 Å². The molecule has 1 aliphatic heterocycles. The van der Waals surface area contributed by atoms with Gasteiger partial charge in [0.05, 0.1) is 5.56 Å². The molecule has 0 spiro atoms. The van der Waals surface area contributed by atoms with E-state index in [1.807, 2.05) is 18.2 Å². The molecule has 2 unspecified atom stereocenters. The summed E-state index contributed by atoms with van der Waals surface area (Å²) in [6.45, 7) is 3.02. The molecule has 1 aliphatic rings. The molecule has 92 valence electrons. The Kier molecular flexibility index (Phi) is 3.33. The maximum absolute atomic E-state index is 11.4. The molecule has 1 heterocycles. The molecule has 1 aromatic rings. The van der Waals surface area contributed by atoms with Crippen molar-refractivity contribution in [2.24, 2.45) is 11.5 Å². The number of nitrogens with two attached hydrogens (primary N) is 2. The molecular weight excluding hydrogens is 214 g/mol. The van der Waals surface area contributed by atoms with E-state index in [2.05, 4.69) is 11.8 Å². The smallest absolute Gasteiger partial charge is 0.250 e. The van der Waals surface area contributed by atoms with Crippen molar-refractivity contribution in [1.29, 1.82) is 0 Å². The molecule has 1 amide bonds. The molecule has 1 saturated heterocycles. The van der Waals surface area contributed by atoms with E-state index in [0.29, 0.717) is 11.6 Å². The minimum Gasteiger partial charge on any atom is -0.368 e. The lowest BCUT2D eigenvalue weighted by molar-refractivity contribution is 0.100. The van der Waals surface area contributed by atoms with Gasteiger partial charge >= 0.3 is 0 Å². The van der Waals surface area contributed by atoms with Crippen LogP contribution in [0.1, 0.15) is 30.1 Å². The Balaban J connectivity index is 2.30. The summed E-state index contributed by atoms with van der Waals surface area (Å²) in [5, 5.41) is 0. The van der Waals surface area contributed by atoms with Crippen LogP contribution in [0.3, 0.4) is 0 Å². The van der Waals surface area contributed by atoms with Gasteiger partial charge in [-0.2, -0.15) is 0 Å². The van der Waals surface area contributed by atoms with Crippen molar-refractivity contribution < 1.29 is 4.79 Å². The highest BCUT2D eigenvalue weighted by Crippen LogP contribution is 2.27. The van der Waals surface area contributed by atoms with Gasteiger partial charge in [0, 0.05) is 24.3 Å². The lowest BCUT2D eigenvalue weighted by Crippen LogP contribution is -2.46. The van der Waals surface area contributed by atoms with Gasteiger partial charge < -0.3 is 16.4 Å². The molecular formula is C13H19N3O. The van der Waals surface area contributed by atoms with Gasteiger partial charge in [0.1, 0.15) is 0 Å². The number of nitrogens with zero attached hydrogens (tertiary/aromatic N) is 1. The van der Waals surface area contributed by atoms with Crippen LogP contribution < -0.4 is 16.4 Å². The fourth-order valence-electron chi connectivity index (χ4n) is 2.50. The molecule has 4 N–H and O–H groups in total. The number of amides is 1. The molecule has 2 rings (SSSR count). The molecule has 4 nitrogen and oxygen atoms in total. The lowest BCUT2D eigenvalue weighted by atomic mass is 9.97. The summed E-state index contributed by atoms with van der Waals surface area (Å²) in [6, 6.07) is 8.11. The molecule has 1 aromatic carbocycles. The molecule has 4 heteroatoms. The summed E-state index contributed by atoms with van der Waals surface area (Å²) in [6.07, 6.45) is 1.91. The zero-order valence-corrected chi connectivity index (χ0v) is 10.1. The molecule has 0 aliphatic carbocycles. The Bertz CT molecular complexity index is 419. The zero-order valence-electron chi connectivity index (χ0n) is 10.1. The van der Waals surface area contributed by atoms with Gasteiger partial charge in [-0.1, -0.05) is 12.1 Å². The van der Waals surface area contributed by atoms with Crippen LogP contribution in [0.25, 0.3) is 0 Å². The van der Waals surface area contributed by atoms with E-state index in [4.69, 9.17) is 11.5 Å². The first-order valence-electron chi connectivity index (χ1n) is 6.00. The minimum absolute atomic E-state index is 0.266. The van der Waals surface area contributed by atoms with Gasteiger partial charge in [-0.3, -0.25) is 4.79 Å². The number of primary amides is 1. The molecule has 17 heavy (non-hydrogen) atoms.